The molecule has 0 amide bonds. The van der Waals surface area contributed by atoms with Crippen molar-refractivity contribution in [2.75, 3.05) is 4.72 Å². The van der Waals surface area contributed by atoms with E-state index in [0.29, 0.717) is 17.0 Å². The Bertz CT molecular complexity index is 786. The normalized spacial score (nSPS) is 14.6. The first-order valence-corrected chi connectivity index (χ1v) is 8.27. The Labute approximate surface area is 122 Å². The van der Waals surface area contributed by atoms with E-state index in [1.54, 1.807) is 24.3 Å². The summed E-state index contributed by atoms with van der Waals surface area (Å²) in [6.45, 7) is 0. The SMILES string of the molecule is N#Cc1c(NS(=O)(=O)Cc2ccccc2)n[nH]c1C1CC1. The lowest BCUT2D eigenvalue weighted by Crippen LogP contribution is -2.16. The standard InChI is InChI=1S/C14H14N4O2S/c15-8-12-13(11-6-7-11)16-17-14(12)18-21(19,20)9-10-4-2-1-3-5-10/h1-5,11H,6-7,9H2,(H2,16,17,18). The molecule has 2 aromatic rings. The molecule has 0 bridgehead atoms. The summed E-state index contributed by atoms with van der Waals surface area (Å²) in [6.07, 6.45) is 2.01. The van der Waals surface area contributed by atoms with Gasteiger partial charge in [-0.15, -0.1) is 0 Å². The highest BCUT2D eigenvalue weighted by Crippen LogP contribution is 2.41. The predicted octanol–water partition coefficient (Wildman–Crippen LogP) is 2.10. The van der Waals surface area contributed by atoms with E-state index in [9.17, 15) is 13.7 Å². The molecule has 1 saturated carbocycles. The molecule has 1 aromatic heterocycles. The summed E-state index contributed by atoms with van der Waals surface area (Å²) >= 11 is 0. The minimum Gasteiger partial charge on any atom is -0.279 e. The molecule has 7 heteroatoms. The average Bonchev–Trinajstić information content (AvgIpc) is 3.21. The minimum absolute atomic E-state index is 0.0929. The van der Waals surface area contributed by atoms with Gasteiger partial charge in [-0.1, -0.05) is 30.3 Å². The first kappa shape index (κ1) is 13.6. The monoisotopic (exact) mass is 302 g/mol. The van der Waals surface area contributed by atoms with Crippen LogP contribution in [0.5, 0.6) is 0 Å². The van der Waals surface area contributed by atoms with Crippen molar-refractivity contribution >= 4 is 15.8 Å². The van der Waals surface area contributed by atoms with E-state index in [1.807, 2.05) is 12.1 Å². The van der Waals surface area contributed by atoms with Gasteiger partial charge in [-0.3, -0.25) is 9.82 Å². The van der Waals surface area contributed by atoms with E-state index >= 15 is 0 Å². The van der Waals surface area contributed by atoms with E-state index in [2.05, 4.69) is 14.9 Å². The van der Waals surface area contributed by atoms with Crippen molar-refractivity contribution in [1.82, 2.24) is 10.2 Å². The fourth-order valence-electron chi connectivity index (χ4n) is 2.19. The second-order valence-corrected chi connectivity index (χ2v) is 6.82. The number of nitrogens with zero attached hydrogens (tertiary/aromatic N) is 2. The molecule has 21 heavy (non-hydrogen) atoms. The van der Waals surface area contributed by atoms with Gasteiger partial charge in [-0.25, -0.2) is 8.42 Å². The van der Waals surface area contributed by atoms with Crippen molar-refractivity contribution in [3.63, 3.8) is 0 Å². The number of aromatic nitrogens is 2. The van der Waals surface area contributed by atoms with Gasteiger partial charge >= 0.3 is 0 Å². The van der Waals surface area contributed by atoms with Crippen LogP contribution in [0.25, 0.3) is 0 Å². The lowest BCUT2D eigenvalue weighted by Gasteiger charge is -2.05. The van der Waals surface area contributed by atoms with Gasteiger partial charge in [0.2, 0.25) is 10.0 Å². The molecule has 1 fully saturated rings. The molecule has 108 valence electrons. The Kier molecular flexibility index (Phi) is 3.39. The highest BCUT2D eigenvalue weighted by molar-refractivity contribution is 7.91. The third-order valence-electron chi connectivity index (χ3n) is 3.34. The molecule has 0 radical (unpaired) electrons. The zero-order valence-corrected chi connectivity index (χ0v) is 12.0. The number of benzene rings is 1. The van der Waals surface area contributed by atoms with Crippen LogP contribution in [0, 0.1) is 11.3 Å². The second kappa shape index (κ2) is 5.22. The van der Waals surface area contributed by atoms with Gasteiger partial charge in [0.1, 0.15) is 11.6 Å². The number of nitriles is 1. The largest absolute Gasteiger partial charge is 0.279 e. The van der Waals surface area contributed by atoms with Gasteiger partial charge in [0, 0.05) is 5.92 Å². The quantitative estimate of drug-likeness (QED) is 0.883. The molecule has 0 unspecified atom stereocenters. The molecule has 0 saturated heterocycles. The molecule has 1 heterocycles. The van der Waals surface area contributed by atoms with Crippen molar-refractivity contribution in [2.45, 2.75) is 24.5 Å². The highest BCUT2D eigenvalue weighted by atomic mass is 32.2. The molecule has 0 spiro atoms. The Balaban J connectivity index is 1.81. The summed E-state index contributed by atoms with van der Waals surface area (Å²) in [4.78, 5) is 0. The van der Waals surface area contributed by atoms with E-state index in [1.165, 1.54) is 0 Å². The third kappa shape index (κ3) is 3.06. The topological polar surface area (TPSA) is 98.6 Å². The van der Waals surface area contributed by atoms with E-state index in [-0.39, 0.29) is 11.6 Å². The van der Waals surface area contributed by atoms with Crippen LogP contribution < -0.4 is 4.72 Å². The highest BCUT2D eigenvalue weighted by Gasteiger charge is 2.30. The Hall–Kier alpha value is -2.33. The van der Waals surface area contributed by atoms with Crippen LogP contribution in [0.4, 0.5) is 5.82 Å². The Morgan fingerprint density at radius 1 is 1.33 bits per heavy atom. The molecule has 1 aromatic carbocycles. The van der Waals surface area contributed by atoms with Gasteiger partial charge in [0.15, 0.2) is 5.82 Å². The number of aromatic amines is 1. The van der Waals surface area contributed by atoms with Crippen LogP contribution >= 0.6 is 0 Å². The van der Waals surface area contributed by atoms with Crippen LogP contribution in [0.15, 0.2) is 30.3 Å². The molecule has 0 atom stereocenters. The van der Waals surface area contributed by atoms with Crippen molar-refractivity contribution in [1.29, 1.82) is 5.26 Å². The average molecular weight is 302 g/mol. The maximum Gasteiger partial charge on any atom is 0.238 e. The molecule has 1 aliphatic carbocycles. The summed E-state index contributed by atoms with van der Waals surface area (Å²) in [7, 11) is -3.60. The van der Waals surface area contributed by atoms with Crippen LogP contribution in [0.3, 0.4) is 0 Å². The van der Waals surface area contributed by atoms with Gasteiger partial charge < -0.3 is 0 Å². The predicted molar refractivity (Wildman–Crippen MR) is 78.0 cm³/mol. The van der Waals surface area contributed by atoms with Crippen LogP contribution in [0.2, 0.25) is 0 Å². The minimum atomic E-state index is -3.60. The maximum atomic E-state index is 12.2. The maximum absolute atomic E-state index is 12.2. The number of nitrogens with one attached hydrogen (secondary N) is 2. The fraction of sp³-hybridized carbons (Fsp3) is 0.286. The molecule has 3 rings (SSSR count). The third-order valence-corrected chi connectivity index (χ3v) is 4.56. The molecule has 6 nitrogen and oxygen atoms in total. The number of sulfonamides is 1. The lowest BCUT2D eigenvalue weighted by atomic mass is 10.2. The van der Waals surface area contributed by atoms with Crippen LogP contribution in [0.1, 0.15) is 35.6 Å². The summed E-state index contributed by atoms with van der Waals surface area (Å²) in [5.41, 5.74) is 1.71. The Morgan fingerprint density at radius 3 is 2.67 bits per heavy atom. The van der Waals surface area contributed by atoms with Gasteiger partial charge in [0.25, 0.3) is 0 Å². The second-order valence-electron chi connectivity index (χ2n) is 5.09. The molecule has 1 aliphatic rings. The zero-order chi connectivity index (χ0) is 14.9. The number of rotatable bonds is 5. The molecular weight excluding hydrogens is 288 g/mol. The van der Waals surface area contributed by atoms with Crippen LogP contribution in [-0.4, -0.2) is 18.6 Å². The van der Waals surface area contributed by atoms with Crippen molar-refractivity contribution < 1.29 is 8.42 Å². The first-order chi connectivity index (χ1) is 10.1. The first-order valence-electron chi connectivity index (χ1n) is 6.62. The number of H-pyrrole nitrogens is 1. The van der Waals surface area contributed by atoms with Gasteiger partial charge in [-0.2, -0.15) is 10.4 Å². The summed E-state index contributed by atoms with van der Waals surface area (Å²) in [6, 6.07) is 10.9. The fourth-order valence-corrected chi connectivity index (χ4v) is 3.33. The summed E-state index contributed by atoms with van der Waals surface area (Å²) in [5.74, 6) is 0.250. The zero-order valence-electron chi connectivity index (χ0n) is 11.2. The lowest BCUT2D eigenvalue weighted by molar-refractivity contribution is 0.600. The molecular formula is C14H14N4O2S. The summed E-state index contributed by atoms with van der Waals surface area (Å²) < 4.78 is 26.7. The van der Waals surface area contributed by atoms with Gasteiger partial charge in [0.05, 0.1) is 11.4 Å². The van der Waals surface area contributed by atoms with Gasteiger partial charge in [-0.05, 0) is 18.4 Å². The number of hydrogen-bond acceptors (Lipinski definition) is 4. The van der Waals surface area contributed by atoms with Crippen molar-refractivity contribution in [3.05, 3.63) is 47.2 Å². The van der Waals surface area contributed by atoms with Crippen LogP contribution in [-0.2, 0) is 15.8 Å². The summed E-state index contributed by atoms with van der Waals surface area (Å²) in [5, 5.41) is 15.9. The molecule has 2 N–H and O–H groups in total. The van der Waals surface area contributed by atoms with E-state index in [0.717, 1.165) is 18.5 Å². The number of hydrogen-bond donors (Lipinski definition) is 2. The van der Waals surface area contributed by atoms with E-state index in [4.69, 9.17) is 0 Å². The van der Waals surface area contributed by atoms with Crippen molar-refractivity contribution in [2.24, 2.45) is 0 Å². The van der Waals surface area contributed by atoms with Crippen molar-refractivity contribution in [3.8, 4) is 6.07 Å². The Morgan fingerprint density at radius 2 is 2.05 bits per heavy atom. The number of anilines is 1. The molecule has 0 aliphatic heterocycles. The van der Waals surface area contributed by atoms with E-state index < -0.39 is 10.0 Å². The smallest absolute Gasteiger partial charge is 0.238 e.